The fraction of sp³-hybridized carbons (Fsp3) is 0.615. The number of aromatic nitrogens is 1. The van der Waals surface area contributed by atoms with E-state index in [2.05, 4.69) is 22.4 Å². The summed E-state index contributed by atoms with van der Waals surface area (Å²) in [5.41, 5.74) is 2.30. The van der Waals surface area contributed by atoms with E-state index >= 15 is 0 Å². The molecule has 0 bridgehead atoms. The van der Waals surface area contributed by atoms with Gasteiger partial charge in [-0.3, -0.25) is 4.98 Å². The molecule has 16 heavy (non-hydrogen) atoms. The number of unbranched alkanes of at least 4 members (excludes halogenated alkanes) is 3. The molecule has 0 amide bonds. The van der Waals surface area contributed by atoms with Gasteiger partial charge >= 0.3 is 0 Å². The molecule has 1 rings (SSSR count). The highest BCUT2D eigenvalue weighted by Gasteiger charge is 1.94. The molecule has 0 atom stereocenters. The lowest BCUT2D eigenvalue weighted by Crippen LogP contribution is -2.15. The molecule has 3 heteroatoms. The first-order valence-electron chi connectivity index (χ1n) is 6.06. The zero-order valence-electron chi connectivity index (χ0n) is 10.1. The molecule has 90 valence electrons. The topological polar surface area (TPSA) is 45.1 Å². The van der Waals surface area contributed by atoms with Crippen molar-refractivity contribution in [3.63, 3.8) is 0 Å². The van der Waals surface area contributed by atoms with Gasteiger partial charge in [0.1, 0.15) is 0 Å². The van der Waals surface area contributed by atoms with Gasteiger partial charge in [-0.2, -0.15) is 0 Å². The normalized spacial score (nSPS) is 10.6. The molecule has 0 saturated carbocycles. The van der Waals surface area contributed by atoms with E-state index in [0.29, 0.717) is 6.61 Å². The Bertz CT molecular complexity index is 272. The largest absolute Gasteiger partial charge is 0.396 e. The molecule has 1 aromatic heterocycles. The van der Waals surface area contributed by atoms with Crippen LogP contribution in [0.5, 0.6) is 0 Å². The molecule has 0 saturated heterocycles. The third-order valence-electron chi connectivity index (χ3n) is 2.54. The predicted molar refractivity (Wildman–Crippen MR) is 66.2 cm³/mol. The standard InChI is InChI=1S/C13H22N2O/c1-12-6-7-13(15-10-12)11-14-8-4-2-3-5-9-16/h6-7,10,14,16H,2-5,8-9,11H2,1H3. The van der Waals surface area contributed by atoms with Crippen molar-refractivity contribution in [2.24, 2.45) is 0 Å². The van der Waals surface area contributed by atoms with Crippen LogP contribution >= 0.6 is 0 Å². The summed E-state index contributed by atoms with van der Waals surface area (Å²) in [5.74, 6) is 0. The lowest BCUT2D eigenvalue weighted by Gasteiger charge is -2.04. The molecule has 0 radical (unpaired) electrons. The fourth-order valence-corrected chi connectivity index (χ4v) is 1.53. The predicted octanol–water partition coefficient (Wildman–Crippen LogP) is 2.03. The number of nitrogens with zero attached hydrogens (tertiary/aromatic N) is 1. The number of hydrogen-bond acceptors (Lipinski definition) is 3. The molecule has 0 aliphatic carbocycles. The van der Waals surface area contributed by atoms with Gasteiger partial charge in [0.15, 0.2) is 0 Å². The summed E-state index contributed by atoms with van der Waals surface area (Å²) in [6.07, 6.45) is 6.32. The highest BCUT2D eigenvalue weighted by molar-refractivity contribution is 5.11. The third-order valence-corrected chi connectivity index (χ3v) is 2.54. The van der Waals surface area contributed by atoms with Crippen molar-refractivity contribution in [3.8, 4) is 0 Å². The van der Waals surface area contributed by atoms with E-state index in [-0.39, 0.29) is 0 Å². The molecule has 1 aromatic rings. The zero-order chi connectivity index (χ0) is 11.6. The van der Waals surface area contributed by atoms with Gasteiger partial charge in [0.25, 0.3) is 0 Å². The summed E-state index contributed by atoms with van der Waals surface area (Å²) in [4.78, 5) is 4.33. The van der Waals surface area contributed by atoms with Crippen LogP contribution in [-0.4, -0.2) is 23.2 Å². The highest BCUT2D eigenvalue weighted by atomic mass is 16.2. The Morgan fingerprint density at radius 2 is 2.00 bits per heavy atom. The van der Waals surface area contributed by atoms with Crippen LogP contribution < -0.4 is 5.32 Å². The van der Waals surface area contributed by atoms with E-state index < -0.39 is 0 Å². The summed E-state index contributed by atoms with van der Waals surface area (Å²) in [7, 11) is 0. The van der Waals surface area contributed by atoms with E-state index in [1.54, 1.807) is 0 Å². The lowest BCUT2D eigenvalue weighted by molar-refractivity contribution is 0.282. The van der Waals surface area contributed by atoms with Crippen LogP contribution in [0.3, 0.4) is 0 Å². The number of hydrogen-bond donors (Lipinski definition) is 2. The summed E-state index contributed by atoms with van der Waals surface area (Å²) in [6.45, 7) is 4.24. The quantitative estimate of drug-likeness (QED) is 0.662. The number of aryl methyl sites for hydroxylation is 1. The zero-order valence-corrected chi connectivity index (χ0v) is 10.1. The maximum atomic E-state index is 8.62. The molecule has 2 N–H and O–H groups in total. The van der Waals surface area contributed by atoms with Crippen LogP contribution in [0.15, 0.2) is 18.3 Å². The third kappa shape index (κ3) is 5.83. The Hall–Kier alpha value is -0.930. The van der Waals surface area contributed by atoms with Gasteiger partial charge in [0.2, 0.25) is 0 Å². The molecule has 0 aliphatic rings. The first-order valence-corrected chi connectivity index (χ1v) is 6.06. The number of nitrogens with one attached hydrogen (secondary N) is 1. The molecule has 0 fully saturated rings. The van der Waals surface area contributed by atoms with Crippen molar-refractivity contribution >= 4 is 0 Å². The van der Waals surface area contributed by atoms with Gasteiger partial charge in [-0.1, -0.05) is 18.9 Å². The number of rotatable bonds is 8. The van der Waals surface area contributed by atoms with Gasteiger partial charge < -0.3 is 10.4 Å². The van der Waals surface area contributed by atoms with E-state index in [1.165, 1.54) is 18.4 Å². The molecule has 0 unspecified atom stereocenters. The smallest absolute Gasteiger partial charge is 0.0541 e. The molecular weight excluding hydrogens is 200 g/mol. The van der Waals surface area contributed by atoms with Gasteiger partial charge in [-0.25, -0.2) is 0 Å². The van der Waals surface area contributed by atoms with Crippen LogP contribution in [0.2, 0.25) is 0 Å². The lowest BCUT2D eigenvalue weighted by atomic mass is 10.2. The number of aliphatic hydroxyl groups is 1. The Morgan fingerprint density at radius 1 is 1.19 bits per heavy atom. The summed E-state index contributed by atoms with van der Waals surface area (Å²) in [5, 5.41) is 12.0. The van der Waals surface area contributed by atoms with E-state index in [0.717, 1.165) is 31.6 Å². The second kappa shape index (κ2) is 8.25. The van der Waals surface area contributed by atoms with Crippen LogP contribution in [0.4, 0.5) is 0 Å². The molecular formula is C13H22N2O. The van der Waals surface area contributed by atoms with Gasteiger partial charge in [-0.15, -0.1) is 0 Å². The van der Waals surface area contributed by atoms with Crippen molar-refractivity contribution in [3.05, 3.63) is 29.6 Å². The SMILES string of the molecule is Cc1ccc(CNCCCCCCO)nc1. The van der Waals surface area contributed by atoms with E-state index in [1.807, 2.05) is 13.1 Å². The average molecular weight is 222 g/mol. The maximum absolute atomic E-state index is 8.62. The van der Waals surface area contributed by atoms with Crippen molar-refractivity contribution in [2.75, 3.05) is 13.2 Å². The Kier molecular flexibility index (Phi) is 6.77. The van der Waals surface area contributed by atoms with Crippen LogP contribution in [0.1, 0.15) is 36.9 Å². The highest BCUT2D eigenvalue weighted by Crippen LogP contribution is 2.00. The van der Waals surface area contributed by atoms with Gasteiger partial charge in [0, 0.05) is 19.3 Å². The molecule has 0 aliphatic heterocycles. The summed E-state index contributed by atoms with van der Waals surface area (Å²) in [6, 6.07) is 4.15. The van der Waals surface area contributed by atoms with Crippen LogP contribution in [-0.2, 0) is 6.54 Å². The second-order valence-electron chi connectivity index (χ2n) is 4.14. The summed E-state index contributed by atoms with van der Waals surface area (Å²) >= 11 is 0. The number of aliphatic hydroxyl groups excluding tert-OH is 1. The van der Waals surface area contributed by atoms with Gasteiger partial charge in [-0.05, 0) is 37.9 Å². The Morgan fingerprint density at radius 3 is 2.69 bits per heavy atom. The fourth-order valence-electron chi connectivity index (χ4n) is 1.53. The minimum Gasteiger partial charge on any atom is -0.396 e. The average Bonchev–Trinajstić information content (AvgIpc) is 2.30. The summed E-state index contributed by atoms with van der Waals surface area (Å²) < 4.78 is 0. The monoisotopic (exact) mass is 222 g/mol. The van der Waals surface area contributed by atoms with Crippen molar-refractivity contribution < 1.29 is 5.11 Å². The molecule has 1 heterocycles. The maximum Gasteiger partial charge on any atom is 0.0541 e. The number of pyridine rings is 1. The molecule has 0 spiro atoms. The van der Waals surface area contributed by atoms with Gasteiger partial charge in [0.05, 0.1) is 5.69 Å². The second-order valence-corrected chi connectivity index (χ2v) is 4.14. The van der Waals surface area contributed by atoms with E-state index in [9.17, 15) is 0 Å². The Labute approximate surface area is 97.9 Å². The first kappa shape index (κ1) is 13.1. The molecule has 0 aromatic carbocycles. The van der Waals surface area contributed by atoms with Crippen molar-refractivity contribution in [2.45, 2.75) is 39.2 Å². The minimum atomic E-state index is 0.320. The van der Waals surface area contributed by atoms with Crippen molar-refractivity contribution in [1.29, 1.82) is 0 Å². The Balaban J connectivity index is 2.01. The van der Waals surface area contributed by atoms with Crippen molar-refractivity contribution in [1.82, 2.24) is 10.3 Å². The van der Waals surface area contributed by atoms with Crippen LogP contribution in [0.25, 0.3) is 0 Å². The van der Waals surface area contributed by atoms with E-state index in [4.69, 9.17) is 5.11 Å². The molecule has 3 nitrogen and oxygen atoms in total. The minimum absolute atomic E-state index is 0.320. The van der Waals surface area contributed by atoms with Crippen LogP contribution in [0, 0.1) is 6.92 Å². The first-order chi connectivity index (χ1) is 7.83.